The molecule has 1 aliphatic carbocycles. The molecule has 0 radical (unpaired) electrons. The molecule has 0 bridgehead atoms. The normalized spacial score (nSPS) is 17.8. The fourth-order valence-electron chi connectivity index (χ4n) is 2.10. The lowest BCUT2D eigenvalue weighted by atomic mass is 9.95. The first-order chi connectivity index (χ1) is 9.08. The summed E-state index contributed by atoms with van der Waals surface area (Å²) in [6, 6.07) is 0. The van der Waals surface area contributed by atoms with Crippen LogP contribution in [0.2, 0.25) is 0 Å². The Kier molecular flexibility index (Phi) is 4.14. The van der Waals surface area contributed by atoms with Gasteiger partial charge in [-0.15, -0.1) is 0 Å². The van der Waals surface area contributed by atoms with Gasteiger partial charge in [0.05, 0.1) is 18.0 Å². The second-order valence-corrected chi connectivity index (χ2v) is 5.16. The van der Waals surface area contributed by atoms with Gasteiger partial charge in [0.25, 0.3) is 0 Å². The molecule has 1 aromatic heterocycles. The molecule has 0 saturated heterocycles. The Balaban J connectivity index is 2.26. The maximum atomic E-state index is 12.3. The van der Waals surface area contributed by atoms with Crippen LogP contribution in [0.1, 0.15) is 38.1 Å². The molecule has 5 nitrogen and oxygen atoms in total. The summed E-state index contributed by atoms with van der Waals surface area (Å²) in [6.07, 6.45) is 5.70. The van der Waals surface area contributed by atoms with Gasteiger partial charge in [-0.3, -0.25) is 15.3 Å². The van der Waals surface area contributed by atoms with Crippen LogP contribution in [0.5, 0.6) is 0 Å². The van der Waals surface area contributed by atoms with Gasteiger partial charge in [-0.05, 0) is 46.1 Å². The highest BCUT2D eigenvalue weighted by molar-refractivity contribution is 5.81. The van der Waals surface area contributed by atoms with Crippen molar-refractivity contribution in [3.8, 4) is 0 Å². The molecule has 19 heavy (non-hydrogen) atoms. The molecule has 1 aromatic rings. The van der Waals surface area contributed by atoms with Crippen molar-refractivity contribution in [3.05, 3.63) is 23.8 Å². The summed E-state index contributed by atoms with van der Waals surface area (Å²) in [5.74, 6) is 0.380. The molecular formula is C14H21N3O2. The topological polar surface area (TPSA) is 64.1 Å². The molecule has 0 spiro atoms. The van der Waals surface area contributed by atoms with Crippen LogP contribution in [-0.2, 0) is 15.1 Å². The molecule has 1 atom stereocenters. The molecule has 2 rings (SSSR count). The van der Waals surface area contributed by atoms with E-state index in [1.54, 1.807) is 12.4 Å². The summed E-state index contributed by atoms with van der Waals surface area (Å²) >= 11 is 0. The maximum Gasteiger partial charge on any atom is 0.332 e. The molecule has 1 aliphatic rings. The van der Waals surface area contributed by atoms with E-state index in [1.165, 1.54) is 12.8 Å². The standard InChI is InChI=1S/C14H21N3O2/c1-4-19-13(18)14(3,17-9-11-5-6-11)12-10(2)15-7-8-16-12/h7-8,11,17H,4-6,9H2,1-3H3. The Labute approximate surface area is 113 Å². The average Bonchev–Trinajstić information content (AvgIpc) is 3.21. The summed E-state index contributed by atoms with van der Waals surface area (Å²) in [5, 5.41) is 3.32. The van der Waals surface area contributed by atoms with E-state index >= 15 is 0 Å². The number of rotatable bonds is 6. The van der Waals surface area contributed by atoms with Crippen LogP contribution in [0.25, 0.3) is 0 Å². The third kappa shape index (κ3) is 3.10. The highest BCUT2D eigenvalue weighted by Gasteiger charge is 2.40. The minimum absolute atomic E-state index is 0.292. The predicted octanol–water partition coefficient (Wildman–Crippen LogP) is 1.56. The molecule has 0 amide bonds. The van der Waals surface area contributed by atoms with Gasteiger partial charge in [-0.25, -0.2) is 4.79 Å². The fourth-order valence-corrected chi connectivity index (χ4v) is 2.10. The van der Waals surface area contributed by atoms with Crippen molar-refractivity contribution in [2.45, 2.75) is 39.2 Å². The number of nitrogens with zero attached hydrogens (tertiary/aromatic N) is 2. The van der Waals surface area contributed by atoms with Gasteiger partial charge in [-0.2, -0.15) is 0 Å². The van der Waals surface area contributed by atoms with Crippen molar-refractivity contribution in [1.82, 2.24) is 15.3 Å². The second kappa shape index (κ2) is 5.65. The first-order valence-electron chi connectivity index (χ1n) is 6.78. The Morgan fingerprint density at radius 1 is 1.47 bits per heavy atom. The molecule has 1 fully saturated rings. The summed E-state index contributed by atoms with van der Waals surface area (Å²) in [4.78, 5) is 20.8. The first kappa shape index (κ1) is 13.9. The molecule has 1 unspecified atom stereocenters. The second-order valence-electron chi connectivity index (χ2n) is 5.16. The number of aromatic nitrogens is 2. The molecular weight excluding hydrogens is 242 g/mol. The number of hydrogen-bond acceptors (Lipinski definition) is 5. The maximum absolute atomic E-state index is 12.3. The van der Waals surface area contributed by atoms with E-state index in [4.69, 9.17) is 4.74 Å². The monoisotopic (exact) mass is 263 g/mol. The van der Waals surface area contributed by atoms with Crippen LogP contribution in [0.3, 0.4) is 0 Å². The van der Waals surface area contributed by atoms with Crippen LogP contribution < -0.4 is 5.32 Å². The molecule has 104 valence electrons. The third-order valence-corrected chi connectivity index (χ3v) is 3.48. The van der Waals surface area contributed by atoms with Crippen molar-refractivity contribution in [1.29, 1.82) is 0 Å². The highest BCUT2D eigenvalue weighted by Crippen LogP contribution is 2.30. The van der Waals surface area contributed by atoms with Gasteiger partial charge in [-0.1, -0.05) is 0 Å². The molecule has 1 heterocycles. The Hall–Kier alpha value is -1.49. The van der Waals surface area contributed by atoms with E-state index in [0.29, 0.717) is 18.2 Å². The van der Waals surface area contributed by atoms with Gasteiger partial charge >= 0.3 is 5.97 Å². The number of esters is 1. The summed E-state index contributed by atoms with van der Waals surface area (Å²) in [7, 11) is 0. The molecule has 1 N–H and O–H groups in total. The summed E-state index contributed by atoms with van der Waals surface area (Å²) in [5.41, 5.74) is 0.479. The average molecular weight is 263 g/mol. The number of ether oxygens (including phenoxy) is 1. The van der Waals surface area contributed by atoms with E-state index in [9.17, 15) is 4.79 Å². The van der Waals surface area contributed by atoms with Crippen molar-refractivity contribution >= 4 is 5.97 Å². The Bertz CT molecular complexity index is 460. The van der Waals surface area contributed by atoms with E-state index in [-0.39, 0.29) is 5.97 Å². The SMILES string of the molecule is CCOC(=O)C(C)(NCC1CC1)c1nccnc1C. The number of hydrogen-bond donors (Lipinski definition) is 1. The quantitative estimate of drug-likeness (QED) is 0.789. The summed E-state index contributed by atoms with van der Waals surface area (Å²) < 4.78 is 5.20. The van der Waals surface area contributed by atoms with Gasteiger partial charge < -0.3 is 4.74 Å². The lowest BCUT2D eigenvalue weighted by Gasteiger charge is -2.28. The first-order valence-corrected chi connectivity index (χ1v) is 6.78. The number of nitrogens with one attached hydrogen (secondary N) is 1. The Morgan fingerprint density at radius 3 is 2.74 bits per heavy atom. The molecule has 5 heteroatoms. The lowest BCUT2D eigenvalue weighted by molar-refractivity contribution is -0.151. The van der Waals surface area contributed by atoms with Gasteiger partial charge in [0, 0.05) is 12.4 Å². The molecule has 0 aliphatic heterocycles. The van der Waals surface area contributed by atoms with Crippen LogP contribution in [0.4, 0.5) is 0 Å². The number of aryl methyl sites for hydroxylation is 1. The van der Waals surface area contributed by atoms with Crippen LogP contribution in [0, 0.1) is 12.8 Å². The minimum Gasteiger partial charge on any atom is -0.464 e. The van der Waals surface area contributed by atoms with Gasteiger partial charge in [0.15, 0.2) is 5.54 Å². The molecule has 0 aromatic carbocycles. The van der Waals surface area contributed by atoms with Gasteiger partial charge in [0.1, 0.15) is 0 Å². The van der Waals surface area contributed by atoms with Crippen molar-refractivity contribution < 1.29 is 9.53 Å². The van der Waals surface area contributed by atoms with Crippen LogP contribution in [-0.4, -0.2) is 29.1 Å². The lowest BCUT2D eigenvalue weighted by Crippen LogP contribution is -2.49. The molecule has 1 saturated carbocycles. The zero-order valence-electron chi connectivity index (χ0n) is 11.8. The van der Waals surface area contributed by atoms with Crippen molar-refractivity contribution in [3.63, 3.8) is 0 Å². The van der Waals surface area contributed by atoms with Gasteiger partial charge in [0.2, 0.25) is 0 Å². The van der Waals surface area contributed by atoms with Crippen LogP contribution >= 0.6 is 0 Å². The van der Waals surface area contributed by atoms with Crippen molar-refractivity contribution in [2.24, 2.45) is 5.92 Å². The largest absolute Gasteiger partial charge is 0.464 e. The number of carbonyl (C=O) groups excluding carboxylic acids is 1. The Morgan fingerprint density at radius 2 is 2.16 bits per heavy atom. The van der Waals surface area contributed by atoms with E-state index in [1.807, 2.05) is 20.8 Å². The number of carbonyl (C=O) groups is 1. The zero-order chi connectivity index (χ0) is 13.9. The minimum atomic E-state index is -0.920. The van der Waals surface area contributed by atoms with E-state index in [0.717, 1.165) is 12.2 Å². The summed E-state index contributed by atoms with van der Waals surface area (Å²) in [6.45, 7) is 6.66. The van der Waals surface area contributed by atoms with Crippen molar-refractivity contribution in [2.75, 3.05) is 13.2 Å². The van der Waals surface area contributed by atoms with Crippen LogP contribution in [0.15, 0.2) is 12.4 Å². The third-order valence-electron chi connectivity index (χ3n) is 3.48. The van der Waals surface area contributed by atoms with E-state index < -0.39 is 5.54 Å². The highest BCUT2D eigenvalue weighted by atomic mass is 16.5. The van der Waals surface area contributed by atoms with E-state index in [2.05, 4.69) is 15.3 Å². The predicted molar refractivity (Wildman–Crippen MR) is 71.5 cm³/mol. The fraction of sp³-hybridized carbons (Fsp3) is 0.643. The zero-order valence-corrected chi connectivity index (χ0v) is 11.8. The smallest absolute Gasteiger partial charge is 0.332 e.